The van der Waals surface area contributed by atoms with E-state index in [2.05, 4.69) is 25.7 Å². The van der Waals surface area contributed by atoms with Crippen molar-refractivity contribution in [2.24, 2.45) is 0 Å². The highest BCUT2D eigenvalue weighted by atomic mass is 16.5. The van der Waals surface area contributed by atoms with E-state index in [1.54, 1.807) is 0 Å². The van der Waals surface area contributed by atoms with Gasteiger partial charge in [-0.3, -0.25) is 0 Å². The van der Waals surface area contributed by atoms with Crippen LogP contribution in [0.15, 0.2) is 12.2 Å². The van der Waals surface area contributed by atoms with Gasteiger partial charge in [-0.25, -0.2) is 0 Å². The Balaban J connectivity index is 2.21. The summed E-state index contributed by atoms with van der Waals surface area (Å²) in [7, 11) is 0. The van der Waals surface area contributed by atoms with Crippen LogP contribution in [0.4, 0.5) is 0 Å². The van der Waals surface area contributed by atoms with Gasteiger partial charge in [0.1, 0.15) is 0 Å². The Morgan fingerprint density at radius 3 is 3.00 bits per heavy atom. The molecule has 2 nitrogen and oxygen atoms in total. The van der Waals surface area contributed by atoms with Gasteiger partial charge in [-0.05, 0) is 26.2 Å². The normalized spacial score (nSPS) is 28.8. The molecule has 0 amide bonds. The van der Waals surface area contributed by atoms with Crippen LogP contribution in [-0.4, -0.2) is 25.3 Å². The molecule has 1 aliphatic heterocycles. The van der Waals surface area contributed by atoms with Gasteiger partial charge in [0, 0.05) is 19.2 Å². The predicted octanol–water partition coefficient (Wildman–Crippen LogP) is 2.11. The van der Waals surface area contributed by atoms with Crippen molar-refractivity contribution >= 4 is 0 Å². The summed E-state index contributed by atoms with van der Waals surface area (Å²) in [5.41, 5.74) is 1.21. The van der Waals surface area contributed by atoms with E-state index in [0.717, 1.165) is 32.4 Å². The molecule has 13 heavy (non-hydrogen) atoms. The molecule has 1 heterocycles. The molecule has 2 unspecified atom stereocenters. The maximum absolute atomic E-state index is 5.60. The highest BCUT2D eigenvalue weighted by molar-refractivity contribution is 4.92. The second kappa shape index (κ2) is 5.40. The summed E-state index contributed by atoms with van der Waals surface area (Å²) in [5, 5.41) is 3.51. The fourth-order valence-electron chi connectivity index (χ4n) is 1.67. The fraction of sp³-hybridized carbons (Fsp3) is 0.818. The molecule has 0 aliphatic carbocycles. The Bertz CT molecular complexity index is 167. The molecule has 0 aromatic carbocycles. The lowest BCUT2D eigenvalue weighted by molar-refractivity contribution is 0.000468. The fourth-order valence-corrected chi connectivity index (χ4v) is 1.67. The molecule has 0 spiro atoms. The zero-order chi connectivity index (χ0) is 9.68. The number of rotatable bonds is 4. The van der Waals surface area contributed by atoms with E-state index in [0.29, 0.717) is 12.1 Å². The van der Waals surface area contributed by atoms with E-state index in [9.17, 15) is 0 Å². The minimum atomic E-state index is 0.469. The Morgan fingerprint density at radius 2 is 2.38 bits per heavy atom. The van der Waals surface area contributed by atoms with Crippen molar-refractivity contribution in [3.63, 3.8) is 0 Å². The van der Waals surface area contributed by atoms with Crippen molar-refractivity contribution in [1.29, 1.82) is 0 Å². The molecule has 76 valence electrons. The highest BCUT2D eigenvalue weighted by Crippen LogP contribution is 2.16. The van der Waals surface area contributed by atoms with Crippen LogP contribution in [0, 0.1) is 0 Å². The molecule has 2 atom stereocenters. The van der Waals surface area contributed by atoms with E-state index in [-0.39, 0.29) is 0 Å². The molecule has 0 saturated carbocycles. The van der Waals surface area contributed by atoms with E-state index < -0.39 is 0 Å². The number of nitrogens with one attached hydrogen (secondary N) is 1. The zero-order valence-corrected chi connectivity index (χ0v) is 8.81. The first-order valence-corrected chi connectivity index (χ1v) is 5.21. The molecule has 2 heteroatoms. The summed E-state index contributed by atoms with van der Waals surface area (Å²) in [6.07, 6.45) is 3.90. The van der Waals surface area contributed by atoms with Gasteiger partial charge in [-0.2, -0.15) is 0 Å². The van der Waals surface area contributed by atoms with Crippen molar-refractivity contribution in [2.75, 3.05) is 13.2 Å². The van der Waals surface area contributed by atoms with E-state index >= 15 is 0 Å². The van der Waals surface area contributed by atoms with E-state index in [1.807, 2.05) is 0 Å². The molecule has 1 fully saturated rings. The van der Waals surface area contributed by atoms with Crippen LogP contribution in [0.5, 0.6) is 0 Å². The SMILES string of the molecule is C=C(C)CNC1CCOC(CC)C1. The number of ether oxygens (including phenoxy) is 1. The van der Waals surface area contributed by atoms with Crippen LogP contribution in [-0.2, 0) is 4.74 Å². The lowest BCUT2D eigenvalue weighted by Crippen LogP contribution is -2.39. The molecule has 1 aliphatic rings. The monoisotopic (exact) mass is 183 g/mol. The third-order valence-electron chi connectivity index (χ3n) is 2.52. The van der Waals surface area contributed by atoms with Crippen molar-refractivity contribution in [1.82, 2.24) is 5.32 Å². The molecule has 0 aromatic heterocycles. The molecular formula is C11H21NO. The third-order valence-corrected chi connectivity index (χ3v) is 2.52. The molecule has 1 N–H and O–H groups in total. The smallest absolute Gasteiger partial charge is 0.0587 e. The van der Waals surface area contributed by atoms with Crippen molar-refractivity contribution in [3.8, 4) is 0 Å². The van der Waals surface area contributed by atoms with Crippen LogP contribution < -0.4 is 5.32 Å². The Morgan fingerprint density at radius 1 is 1.62 bits per heavy atom. The first kappa shape index (κ1) is 10.7. The minimum Gasteiger partial charge on any atom is -0.378 e. The zero-order valence-electron chi connectivity index (χ0n) is 8.81. The summed E-state index contributed by atoms with van der Waals surface area (Å²) in [5.74, 6) is 0. The Labute approximate surface area is 81.4 Å². The summed E-state index contributed by atoms with van der Waals surface area (Å²) < 4.78 is 5.60. The maximum Gasteiger partial charge on any atom is 0.0587 e. The van der Waals surface area contributed by atoms with Gasteiger partial charge in [0.2, 0.25) is 0 Å². The Hall–Kier alpha value is -0.340. The Kier molecular flexibility index (Phi) is 4.46. The van der Waals surface area contributed by atoms with Gasteiger partial charge in [-0.1, -0.05) is 19.1 Å². The quantitative estimate of drug-likeness (QED) is 0.674. The molecule has 0 radical (unpaired) electrons. The van der Waals surface area contributed by atoms with Crippen LogP contribution in [0.3, 0.4) is 0 Å². The summed E-state index contributed by atoms with van der Waals surface area (Å²) in [6, 6.07) is 0.635. The second-order valence-corrected chi connectivity index (χ2v) is 3.96. The molecule has 0 aromatic rings. The lowest BCUT2D eigenvalue weighted by Gasteiger charge is -2.29. The van der Waals surface area contributed by atoms with Crippen molar-refractivity contribution in [3.05, 3.63) is 12.2 Å². The van der Waals surface area contributed by atoms with Gasteiger partial charge >= 0.3 is 0 Å². The second-order valence-electron chi connectivity index (χ2n) is 3.96. The standard InChI is InChI=1S/C11H21NO/c1-4-11-7-10(5-6-13-11)12-8-9(2)3/h10-12H,2,4-8H2,1,3H3. The first-order valence-electron chi connectivity index (χ1n) is 5.21. The predicted molar refractivity (Wildman–Crippen MR) is 55.9 cm³/mol. The van der Waals surface area contributed by atoms with Crippen molar-refractivity contribution in [2.45, 2.75) is 45.3 Å². The highest BCUT2D eigenvalue weighted by Gasteiger charge is 2.20. The van der Waals surface area contributed by atoms with Crippen LogP contribution in [0.2, 0.25) is 0 Å². The van der Waals surface area contributed by atoms with Crippen LogP contribution in [0.25, 0.3) is 0 Å². The average Bonchev–Trinajstić information content (AvgIpc) is 2.15. The van der Waals surface area contributed by atoms with Crippen LogP contribution >= 0.6 is 0 Å². The summed E-state index contributed by atoms with van der Waals surface area (Å²) in [6.45, 7) is 9.99. The molecular weight excluding hydrogens is 162 g/mol. The molecule has 0 bridgehead atoms. The third kappa shape index (κ3) is 3.92. The van der Waals surface area contributed by atoms with Gasteiger partial charge in [0.15, 0.2) is 0 Å². The summed E-state index contributed by atoms with van der Waals surface area (Å²) >= 11 is 0. The summed E-state index contributed by atoms with van der Waals surface area (Å²) in [4.78, 5) is 0. The lowest BCUT2D eigenvalue weighted by atomic mass is 10.0. The number of hydrogen-bond donors (Lipinski definition) is 1. The van der Waals surface area contributed by atoms with Crippen molar-refractivity contribution < 1.29 is 4.74 Å². The molecule has 1 rings (SSSR count). The topological polar surface area (TPSA) is 21.3 Å². The number of hydrogen-bond acceptors (Lipinski definition) is 2. The molecule has 1 saturated heterocycles. The van der Waals surface area contributed by atoms with E-state index in [1.165, 1.54) is 5.57 Å². The van der Waals surface area contributed by atoms with Crippen LogP contribution in [0.1, 0.15) is 33.1 Å². The first-order chi connectivity index (χ1) is 6.22. The average molecular weight is 183 g/mol. The van der Waals surface area contributed by atoms with Gasteiger partial charge in [-0.15, -0.1) is 0 Å². The largest absolute Gasteiger partial charge is 0.378 e. The van der Waals surface area contributed by atoms with E-state index in [4.69, 9.17) is 4.74 Å². The van der Waals surface area contributed by atoms with Gasteiger partial charge in [0.05, 0.1) is 6.10 Å². The van der Waals surface area contributed by atoms with Gasteiger partial charge in [0.25, 0.3) is 0 Å². The maximum atomic E-state index is 5.60. The van der Waals surface area contributed by atoms with Gasteiger partial charge < -0.3 is 10.1 Å². The minimum absolute atomic E-state index is 0.469.